The van der Waals surface area contributed by atoms with Crippen molar-refractivity contribution in [2.24, 2.45) is 0 Å². The number of ether oxygens (including phenoxy) is 1. The van der Waals surface area contributed by atoms with E-state index in [0.29, 0.717) is 6.42 Å². The quantitative estimate of drug-likeness (QED) is 0.700. The molecule has 0 saturated carbocycles. The zero-order valence-electron chi connectivity index (χ0n) is 15.4. The fourth-order valence-electron chi connectivity index (χ4n) is 3.11. The molecule has 26 heavy (non-hydrogen) atoms. The van der Waals surface area contributed by atoms with Crippen LogP contribution in [0.25, 0.3) is 0 Å². The molecule has 1 atom stereocenters. The van der Waals surface area contributed by atoms with Gasteiger partial charge in [-0.05, 0) is 55.3 Å². The van der Waals surface area contributed by atoms with Gasteiger partial charge in [-0.15, -0.1) is 0 Å². The predicted octanol–water partition coefficient (Wildman–Crippen LogP) is 4.73. The molecular weight excluding hydrogens is 324 g/mol. The van der Waals surface area contributed by atoms with Crippen molar-refractivity contribution < 1.29 is 9.53 Å². The molecule has 1 heterocycles. The van der Waals surface area contributed by atoms with Gasteiger partial charge in [-0.2, -0.15) is 0 Å². The van der Waals surface area contributed by atoms with E-state index >= 15 is 0 Å². The summed E-state index contributed by atoms with van der Waals surface area (Å²) in [7, 11) is 1.65. The third kappa shape index (κ3) is 4.14. The molecule has 1 aromatic heterocycles. The number of aryl methyl sites for hydroxylation is 2. The number of benzene rings is 2. The smallest absolute Gasteiger partial charge is 0.226 e. The van der Waals surface area contributed by atoms with Crippen molar-refractivity contribution in [2.45, 2.75) is 26.3 Å². The fourth-order valence-corrected chi connectivity index (χ4v) is 3.11. The fraction of sp³-hybridized carbons (Fsp3) is 0.227. The van der Waals surface area contributed by atoms with E-state index < -0.39 is 0 Å². The number of methoxy groups -OCH3 is 1. The minimum atomic E-state index is -0.0679. The van der Waals surface area contributed by atoms with Crippen LogP contribution in [0.1, 0.15) is 29.2 Å². The highest BCUT2D eigenvalue weighted by Gasteiger charge is 2.18. The van der Waals surface area contributed by atoms with E-state index in [-0.39, 0.29) is 11.9 Å². The van der Waals surface area contributed by atoms with Crippen molar-refractivity contribution in [3.63, 3.8) is 0 Å². The number of rotatable bonds is 6. The molecule has 4 nitrogen and oxygen atoms in total. The first-order valence-electron chi connectivity index (χ1n) is 8.70. The van der Waals surface area contributed by atoms with Crippen molar-refractivity contribution in [3.8, 4) is 5.75 Å². The average molecular weight is 348 g/mol. The first kappa shape index (κ1) is 17.8. The lowest BCUT2D eigenvalue weighted by Gasteiger charge is -2.20. The number of anilines is 1. The molecule has 4 heteroatoms. The molecule has 1 N–H and O–H groups in total. The summed E-state index contributed by atoms with van der Waals surface area (Å²) in [5.41, 5.74) is 4.18. The molecule has 0 aliphatic carbocycles. The first-order chi connectivity index (χ1) is 12.6. The number of amides is 1. The Kier molecular flexibility index (Phi) is 5.42. The summed E-state index contributed by atoms with van der Waals surface area (Å²) in [6, 6.07) is 17.8. The van der Waals surface area contributed by atoms with Crippen LogP contribution in [0.15, 0.2) is 67.0 Å². The van der Waals surface area contributed by atoms with Gasteiger partial charge in [-0.1, -0.05) is 29.8 Å². The predicted molar refractivity (Wildman–Crippen MR) is 105 cm³/mol. The summed E-state index contributed by atoms with van der Waals surface area (Å²) >= 11 is 0. The molecule has 0 spiro atoms. The van der Waals surface area contributed by atoms with Crippen LogP contribution in [0.4, 0.5) is 5.69 Å². The van der Waals surface area contributed by atoms with Crippen molar-refractivity contribution in [2.75, 3.05) is 12.4 Å². The number of carbonyl (C=O) groups excluding carboxylic acids is 1. The Hall–Kier alpha value is -3.01. The van der Waals surface area contributed by atoms with Crippen LogP contribution >= 0.6 is 0 Å². The number of hydrogen-bond donors (Lipinski definition) is 1. The van der Waals surface area contributed by atoms with E-state index in [4.69, 9.17) is 4.74 Å². The highest BCUT2D eigenvalue weighted by atomic mass is 16.5. The molecule has 0 aliphatic rings. The van der Waals surface area contributed by atoms with Gasteiger partial charge < -0.3 is 14.6 Å². The zero-order valence-corrected chi connectivity index (χ0v) is 15.4. The van der Waals surface area contributed by atoms with Gasteiger partial charge in [0, 0.05) is 18.1 Å². The van der Waals surface area contributed by atoms with Gasteiger partial charge in [-0.25, -0.2) is 0 Å². The average Bonchev–Trinajstić information content (AvgIpc) is 3.17. The third-order valence-electron chi connectivity index (χ3n) is 4.52. The highest BCUT2D eigenvalue weighted by molar-refractivity contribution is 5.92. The second-order valence-corrected chi connectivity index (χ2v) is 6.49. The normalized spacial score (nSPS) is 11.8. The second-order valence-electron chi connectivity index (χ2n) is 6.49. The van der Waals surface area contributed by atoms with E-state index in [0.717, 1.165) is 22.6 Å². The number of nitrogens with one attached hydrogen (secondary N) is 1. The maximum absolute atomic E-state index is 12.7. The van der Waals surface area contributed by atoms with Crippen LogP contribution < -0.4 is 10.1 Å². The summed E-state index contributed by atoms with van der Waals surface area (Å²) < 4.78 is 7.30. The number of carbonyl (C=O) groups is 1. The Morgan fingerprint density at radius 3 is 2.38 bits per heavy atom. The molecule has 0 aliphatic heterocycles. The molecule has 0 saturated heterocycles. The lowest BCUT2D eigenvalue weighted by molar-refractivity contribution is -0.116. The standard InChI is InChI=1S/C22H24N2O2/c1-16-6-11-20(17(2)14-16)23-22(25)15-21(24-12-4-5-13-24)18-7-9-19(26-3)10-8-18/h4-14,21H,15H2,1-3H3,(H,23,25)/t21-/m0/s1. The van der Waals surface area contributed by atoms with Crippen molar-refractivity contribution in [1.29, 1.82) is 0 Å². The van der Waals surface area contributed by atoms with Gasteiger partial charge in [0.2, 0.25) is 5.91 Å². The highest BCUT2D eigenvalue weighted by Crippen LogP contribution is 2.25. The molecule has 2 aromatic carbocycles. The maximum Gasteiger partial charge on any atom is 0.226 e. The van der Waals surface area contributed by atoms with E-state index in [2.05, 4.69) is 16.0 Å². The molecule has 0 fully saturated rings. The molecule has 3 rings (SSSR count). The molecule has 134 valence electrons. The SMILES string of the molecule is COc1ccc([C@H](CC(=O)Nc2ccc(C)cc2C)n2cccc2)cc1. The van der Waals surface area contributed by atoms with Gasteiger partial charge in [0.15, 0.2) is 0 Å². The van der Waals surface area contributed by atoms with Gasteiger partial charge in [0.25, 0.3) is 0 Å². The minimum Gasteiger partial charge on any atom is -0.497 e. The molecule has 3 aromatic rings. The third-order valence-corrected chi connectivity index (χ3v) is 4.52. The van der Waals surface area contributed by atoms with Gasteiger partial charge in [0.05, 0.1) is 19.6 Å². The molecule has 0 unspecified atom stereocenters. The van der Waals surface area contributed by atoms with E-state index in [1.54, 1.807) is 7.11 Å². The van der Waals surface area contributed by atoms with Crippen LogP contribution in [0.2, 0.25) is 0 Å². The summed E-state index contributed by atoms with van der Waals surface area (Å²) in [6.07, 6.45) is 4.33. The summed E-state index contributed by atoms with van der Waals surface area (Å²) in [5, 5.41) is 3.05. The summed E-state index contributed by atoms with van der Waals surface area (Å²) in [5.74, 6) is 0.797. The van der Waals surface area contributed by atoms with Crippen LogP contribution in [-0.2, 0) is 4.79 Å². The molecular formula is C22H24N2O2. The zero-order chi connectivity index (χ0) is 18.5. The Balaban J connectivity index is 1.80. The van der Waals surface area contributed by atoms with Crippen molar-refractivity contribution in [3.05, 3.63) is 83.7 Å². The first-order valence-corrected chi connectivity index (χ1v) is 8.70. The Morgan fingerprint density at radius 1 is 1.08 bits per heavy atom. The Labute approximate surface area is 154 Å². The van der Waals surface area contributed by atoms with Crippen LogP contribution in [0.5, 0.6) is 5.75 Å². The number of hydrogen-bond acceptors (Lipinski definition) is 2. The van der Waals surface area contributed by atoms with Crippen LogP contribution in [0.3, 0.4) is 0 Å². The molecule has 0 radical (unpaired) electrons. The van der Waals surface area contributed by atoms with Crippen molar-refractivity contribution in [1.82, 2.24) is 4.57 Å². The van der Waals surface area contributed by atoms with E-state index in [1.807, 2.05) is 74.8 Å². The monoisotopic (exact) mass is 348 g/mol. The topological polar surface area (TPSA) is 43.3 Å². The van der Waals surface area contributed by atoms with Crippen molar-refractivity contribution >= 4 is 11.6 Å². The Bertz CT molecular complexity index is 868. The largest absolute Gasteiger partial charge is 0.497 e. The lowest BCUT2D eigenvalue weighted by atomic mass is 10.0. The van der Waals surface area contributed by atoms with Gasteiger partial charge in [-0.3, -0.25) is 4.79 Å². The molecule has 1 amide bonds. The minimum absolute atomic E-state index is 0.00790. The lowest BCUT2D eigenvalue weighted by Crippen LogP contribution is -2.20. The Morgan fingerprint density at radius 2 is 1.77 bits per heavy atom. The van der Waals surface area contributed by atoms with Crippen LogP contribution in [-0.4, -0.2) is 17.6 Å². The number of aromatic nitrogens is 1. The summed E-state index contributed by atoms with van der Waals surface area (Å²) in [6.45, 7) is 4.06. The second kappa shape index (κ2) is 7.91. The maximum atomic E-state index is 12.7. The van der Waals surface area contributed by atoms with Gasteiger partial charge in [0.1, 0.15) is 5.75 Å². The number of nitrogens with zero attached hydrogens (tertiary/aromatic N) is 1. The van der Waals surface area contributed by atoms with Crippen LogP contribution in [0, 0.1) is 13.8 Å². The van der Waals surface area contributed by atoms with E-state index in [1.165, 1.54) is 5.56 Å². The van der Waals surface area contributed by atoms with E-state index in [9.17, 15) is 4.79 Å². The van der Waals surface area contributed by atoms with Gasteiger partial charge >= 0.3 is 0 Å². The summed E-state index contributed by atoms with van der Waals surface area (Å²) in [4.78, 5) is 12.7. The molecule has 0 bridgehead atoms.